The van der Waals surface area contributed by atoms with Crippen LogP contribution >= 0.6 is 0 Å². The molecule has 0 aliphatic heterocycles. The number of carboxylic acid groups (broad SMARTS) is 1. The van der Waals surface area contributed by atoms with Crippen molar-refractivity contribution in [1.29, 1.82) is 0 Å². The van der Waals surface area contributed by atoms with Crippen molar-refractivity contribution >= 4 is 5.97 Å². The van der Waals surface area contributed by atoms with Gasteiger partial charge in [0.15, 0.2) is 5.69 Å². The Labute approximate surface area is 116 Å². The van der Waals surface area contributed by atoms with Crippen molar-refractivity contribution in [3.05, 3.63) is 41.7 Å². The fourth-order valence-electron chi connectivity index (χ4n) is 1.60. The summed E-state index contributed by atoms with van der Waals surface area (Å²) in [6.45, 7) is 4.11. The summed E-state index contributed by atoms with van der Waals surface area (Å²) in [7, 11) is 0. The van der Waals surface area contributed by atoms with Crippen LogP contribution < -0.4 is 9.47 Å². The van der Waals surface area contributed by atoms with E-state index in [0.717, 1.165) is 0 Å². The first-order valence-electron chi connectivity index (χ1n) is 6.08. The molecule has 1 aromatic carbocycles. The number of ether oxygens (including phenoxy) is 2. The van der Waals surface area contributed by atoms with Gasteiger partial charge in [0.1, 0.15) is 11.5 Å². The minimum atomic E-state index is -1.12. The van der Waals surface area contributed by atoms with E-state index in [1.54, 1.807) is 31.2 Å². The maximum Gasteiger partial charge on any atom is 0.354 e. The average Bonchev–Trinajstić information content (AvgIpc) is 2.38. The highest BCUT2D eigenvalue weighted by Crippen LogP contribution is 2.23. The molecule has 0 aliphatic rings. The third kappa shape index (κ3) is 3.44. The second-order valence-corrected chi connectivity index (χ2v) is 3.99. The molecule has 0 amide bonds. The number of aromatic carboxylic acids is 1. The first-order valence-corrected chi connectivity index (χ1v) is 6.08. The van der Waals surface area contributed by atoms with Crippen LogP contribution in [0.2, 0.25) is 0 Å². The Kier molecular flexibility index (Phi) is 4.14. The number of nitrogens with zero attached hydrogens (tertiary/aromatic N) is 2. The Morgan fingerprint density at radius 1 is 1.25 bits per heavy atom. The maximum absolute atomic E-state index is 10.9. The summed E-state index contributed by atoms with van der Waals surface area (Å²) < 4.78 is 10.8. The van der Waals surface area contributed by atoms with E-state index in [2.05, 4.69) is 9.97 Å². The molecule has 0 saturated carbocycles. The summed E-state index contributed by atoms with van der Waals surface area (Å²) in [4.78, 5) is 18.8. The van der Waals surface area contributed by atoms with Gasteiger partial charge < -0.3 is 14.6 Å². The zero-order chi connectivity index (χ0) is 14.5. The lowest BCUT2D eigenvalue weighted by Gasteiger charge is -2.07. The van der Waals surface area contributed by atoms with Gasteiger partial charge in [-0.15, -0.1) is 0 Å². The summed E-state index contributed by atoms with van der Waals surface area (Å²) in [6, 6.07) is 8.36. The topological polar surface area (TPSA) is 81.5 Å². The Balaban J connectivity index is 2.25. The summed E-state index contributed by atoms with van der Waals surface area (Å²) in [6.07, 6.45) is 0. The van der Waals surface area contributed by atoms with E-state index in [4.69, 9.17) is 14.6 Å². The highest BCUT2D eigenvalue weighted by molar-refractivity contribution is 5.85. The fourth-order valence-corrected chi connectivity index (χ4v) is 1.60. The first kappa shape index (κ1) is 13.8. The molecule has 0 fully saturated rings. The van der Waals surface area contributed by atoms with Crippen LogP contribution in [0.25, 0.3) is 0 Å². The van der Waals surface area contributed by atoms with Crippen molar-refractivity contribution in [3.8, 4) is 17.5 Å². The van der Waals surface area contributed by atoms with Crippen LogP contribution in [-0.2, 0) is 0 Å². The van der Waals surface area contributed by atoms with Gasteiger partial charge in [0, 0.05) is 11.8 Å². The minimum absolute atomic E-state index is 0.00366. The number of hydrogen-bond acceptors (Lipinski definition) is 5. The van der Waals surface area contributed by atoms with Crippen LogP contribution in [0.4, 0.5) is 0 Å². The quantitative estimate of drug-likeness (QED) is 0.902. The van der Waals surface area contributed by atoms with Gasteiger partial charge in [-0.3, -0.25) is 0 Å². The van der Waals surface area contributed by atoms with Crippen LogP contribution in [0, 0.1) is 6.92 Å². The molecule has 0 unspecified atom stereocenters. The largest absolute Gasteiger partial charge is 0.494 e. The molecular formula is C14H14N2O4. The monoisotopic (exact) mass is 274 g/mol. The normalized spacial score (nSPS) is 10.1. The van der Waals surface area contributed by atoms with Crippen molar-refractivity contribution in [2.75, 3.05) is 6.61 Å². The van der Waals surface area contributed by atoms with Gasteiger partial charge in [-0.25, -0.2) is 9.78 Å². The summed E-state index contributed by atoms with van der Waals surface area (Å²) in [5, 5.41) is 8.95. The van der Waals surface area contributed by atoms with Crippen LogP contribution in [0.15, 0.2) is 30.3 Å². The van der Waals surface area contributed by atoms with E-state index in [1.807, 2.05) is 6.92 Å². The SMILES string of the molecule is CCOc1cccc(Oc2nc(C)cc(C(=O)O)n2)c1. The van der Waals surface area contributed by atoms with Gasteiger partial charge in [0.25, 0.3) is 0 Å². The lowest BCUT2D eigenvalue weighted by Crippen LogP contribution is -2.04. The minimum Gasteiger partial charge on any atom is -0.494 e. The van der Waals surface area contributed by atoms with E-state index < -0.39 is 5.97 Å². The molecule has 0 spiro atoms. The highest BCUT2D eigenvalue weighted by Gasteiger charge is 2.10. The van der Waals surface area contributed by atoms with Gasteiger partial charge in [0.2, 0.25) is 0 Å². The Hall–Kier alpha value is -2.63. The molecule has 2 aromatic rings. The summed E-state index contributed by atoms with van der Waals surface area (Å²) >= 11 is 0. The molecule has 1 heterocycles. The van der Waals surface area contributed by atoms with Crippen molar-refractivity contribution < 1.29 is 19.4 Å². The zero-order valence-electron chi connectivity index (χ0n) is 11.2. The Morgan fingerprint density at radius 2 is 2.00 bits per heavy atom. The molecule has 0 aliphatic carbocycles. The number of aryl methyl sites for hydroxylation is 1. The van der Waals surface area contributed by atoms with Crippen molar-refractivity contribution in [2.24, 2.45) is 0 Å². The third-order valence-corrected chi connectivity index (χ3v) is 2.38. The molecule has 0 radical (unpaired) electrons. The number of hydrogen-bond donors (Lipinski definition) is 1. The second kappa shape index (κ2) is 6.01. The maximum atomic E-state index is 10.9. The van der Waals surface area contributed by atoms with Crippen LogP contribution in [0.1, 0.15) is 23.1 Å². The van der Waals surface area contributed by atoms with Crippen molar-refractivity contribution in [3.63, 3.8) is 0 Å². The molecule has 0 bridgehead atoms. The Bertz CT molecular complexity index is 628. The van der Waals surface area contributed by atoms with E-state index in [1.165, 1.54) is 6.07 Å². The zero-order valence-corrected chi connectivity index (χ0v) is 11.2. The number of rotatable bonds is 5. The molecule has 20 heavy (non-hydrogen) atoms. The Morgan fingerprint density at radius 3 is 2.70 bits per heavy atom. The predicted molar refractivity (Wildman–Crippen MR) is 71.4 cm³/mol. The van der Waals surface area contributed by atoms with Gasteiger partial charge >= 0.3 is 12.0 Å². The highest BCUT2D eigenvalue weighted by atomic mass is 16.5. The molecule has 6 nitrogen and oxygen atoms in total. The lowest BCUT2D eigenvalue weighted by molar-refractivity contribution is 0.0689. The van der Waals surface area contributed by atoms with E-state index in [0.29, 0.717) is 23.8 Å². The number of benzene rings is 1. The number of carbonyl (C=O) groups is 1. The average molecular weight is 274 g/mol. The van der Waals surface area contributed by atoms with Crippen LogP contribution in [-0.4, -0.2) is 27.7 Å². The summed E-state index contributed by atoms with van der Waals surface area (Å²) in [5.74, 6) is 0.0254. The fraction of sp³-hybridized carbons (Fsp3) is 0.214. The van der Waals surface area contributed by atoms with Crippen LogP contribution in [0.5, 0.6) is 17.5 Å². The van der Waals surface area contributed by atoms with Gasteiger partial charge in [-0.2, -0.15) is 4.98 Å². The smallest absolute Gasteiger partial charge is 0.354 e. The van der Waals surface area contributed by atoms with E-state index in [9.17, 15) is 4.79 Å². The number of carboxylic acids is 1. The molecule has 0 saturated heterocycles. The molecule has 6 heteroatoms. The van der Waals surface area contributed by atoms with Crippen molar-refractivity contribution in [1.82, 2.24) is 9.97 Å². The standard InChI is InChI=1S/C14H14N2O4/c1-3-19-10-5-4-6-11(8-10)20-14-15-9(2)7-12(16-14)13(17)18/h4-8H,3H2,1-2H3,(H,17,18). The van der Waals surface area contributed by atoms with E-state index in [-0.39, 0.29) is 11.7 Å². The lowest BCUT2D eigenvalue weighted by atomic mass is 10.3. The first-order chi connectivity index (χ1) is 9.58. The molecule has 104 valence electrons. The third-order valence-electron chi connectivity index (χ3n) is 2.38. The van der Waals surface area contributed by atoms with Crippen molar-refractivity contribution in [2.45, 2.75) is 13.8 Å². The summed E-state index contributed by atoms with van der Waals surface area (Å²) in [5.41, 5.74) is 0.418. The predicted octanol–water partition coefficient (Wildman–Crippen LogP) is 2.67. The van der Waals surface area contributed by atoms with E-state index >= 15 is 0 Å². The van der Waals surface area contributed by atoms with Crippen LogP contribution in [0.3, 0.4) is 0 Å². The van der Waals surface area contributed by atoms with Gasteiger partial charge in [-0.1, -0.05) is 6.07 Å². The molecule has 0 atom stereocenters. The molecular weight excluding hydrogens is 260 g/mol. The van der Waals surface area contributed by atoms with Gasteiger partial charge in [0.05, 0.1) is 6.61 Å². The molecule has 1 aromatic heterocycles. The van der Waals surface area contributed by atoms with Gasteiger partial charge in [-0.05, 0) is 32.0 Å². The second-order valence-electron chi connectivity index (χ2n) is 3.99. The molecule has 2 rings (SSSR count). The number of aromatic nitrogens is 2. The molecule has 1 N–H and O–H groups in total.